The van der Waals surface area contributed by atoms with E-state index < -0.39 is 15.7 Å². The lowest BCUT2D eigenvalue weighted by Crippen LogP contribution is -2.58. The summed E-state index contributed by atoms with van der Waals surface area (Å²) < 4.78 is 35.8. The number of halogens is 1. The highest BCUT2D eigenvalue weighted by Gasteiger charge is 2.44. The van der Waals surface area contributed by atoms with Crippen LogP contribution in [-0.4, -0.2) is 38.0 Å². The minimum absolute atomic E-state index is 0.0943. The van der Waals surface area contributed by atoms with Gasteiger partial charge in [-0.15, -0.1) is 0 Å². The quantitative estimate of drug-likeness (QED) is 0.900. The van der Waals surface area contributed by atoms with Gasteiger partial charge in [-0.2, -0.15) is 17.4 Å². The zero-order valence-electron chi connectivity index (χ0n) is 13.5. The number of morpholine rings is 1. The summed E-state index contributed by atoms with van der Waals surface area (Å²) >= 11 is 5.95. The average Bonchev–Trinajstić information content (AvgIpc) is 2.43. The third kappa shape index (κ3) is 3.56. The van der Waals surface area contributed by atoms with Crippen LogP contribution in [-0.2, 0) is 20.5 Å². The molecule has 2 aliphatic rings. The Morgan fingerprint density at radius 3 is 2.22 bits per heavy atom. The second-order valence-electron chi connectivity index (χ2n) is 6.62. The third-order valence-corrected chi connectivity index (χ3v) is 6.53. The molecule has 2 atom stereocenters. The Bertz CT molecular complexity index is 648. The molecule has 1 saturated carbocycles. The highest BCUT2D eigenvalue weighted by atomic mass is 35.5. The van der Waals surface area contributed by atoms with Gasteiger partial charge in [0, 0.05) is 18.1 Å². The third-order valence-electron chi connectivity index (χ3n) is 4.65. The van der Waals surface area contributed by atoms with E-state index in [2.05, 4.69) is 4.72 Å². The largest absolute Gasteiger partial charge is 0.373 e. The van der Waals surface area contributed by atoms with Crippen LogP contribution in [0.2, 0.25) is 5.02 Å². The normalized spacial score (nSPS) is 28.3. The Morgan fingerprint density at radius 1 is 1.17 bits per heavy atom. The molecule has 128 valence electrons. The van der Waals surface area contributed by atoms with Gasteiger partial charge in [-0.3, -0.25) is 0 Å². The first-order chi connectivity index (χ1) is 10.8. The van der Waals surface area contributed by atoms with Crippen LogP contribution in [0.15, 0.2) is 24.3 Å². The van der Waals surface area contributed by atoms with Gasteiger partial charge >= 0.3 is 0 Å². The number of nitrogens with one attached hydrogen (secondary N) is 1. The average molecular weight is 359 g/mol. The van der Waals surface area contributed by atoms with E-state index in [-0.39, 0.29) is 12.2 Å². The van der Waals surface area contributed by atoms with Crippen LogP contribution in [0, 0.1) is 0 Å². The lowest BCUT2D eigenvalue weighted by atomic mass is 9.73. The Kier molecular flexibility index (Phi) is 4.73. The molecule has 0 amide bonds. The molecular formula is C16H23ClN2O3S. The maximum absolute atomic E-state index is 12.9. The maximum atomic E-state index is 12.9. The van der Waals surface area contributed by atoms with Gasteiger partial charge in [0.1, 0.15) is 0 Å². The fourth-order valence-electron chi connectivity index (χ4n) is 3.39. The molecule has 0 aromatic heterocycles. The van der Waals surface area contributed by atoms with E-state index in [9.17, 15) is 8.42 Å². The van der Waals surface area contributed by atoms with Gasteiger partial charge < -0.3 is 4.74 Å². The zero-order chi connectivity index (χ0) is 16.7. The number of ether oxygens (including phenoxy) is 1. The van der Waals surface area contributed by atoms with Crippen LogP contribution in [0.1, 0.15) is 38.7 Å². The highest BCUT2D eigenvalue weighted by molar-refractivity contribution is 7.87. The number of nitrogens with zero attached hydrogens (tertiary/aromatic N) is 1. The first-order valence-corrected chi connectivity index (χ1v) is 9.83. The number of rotatable bonds is 4. The van der Waals surface area contributed by atoms with E-state index in [1.54, 1.807) is 0 Å². The van der Waals surface area contributed by atoms with Crippen LogP contribution in [0.25, 0.3) is 0 Å². The van der Waals surface area contributed by atoms with Crippen molar-refractivity contribution in [1.29, 1.82) is 0 Å². The summed E-state index contributed by atoms with van der Waals surface area (Å²) in [5, 5.41) is 0.655. The first kappa shape index (κ1) is 17.2. The van der Waals surface area contributed by atoms with Crippen molar-refractivity contribution >= 4 is 21.8 Å². The number of hydrogen-bond acceptors (Lipinski definition) is 3. The predicted molar refractivity (Wildman–Crippen MR) is 90.6 cm³/mol. The summed E-state index contributed by atoms with van der Waals surface area (Å²) in [4.78, 5) is 0. The van der Waals surface area contributed by atoms with Gasteiger partial charge in [0.05, 0.1) is 17.7 Å². The molecule has 1 N–H and O–H groups in total. The van der Waals surface area contributed by atoms with E-state index in [1.807, 2.05) is 38.1 Å². The highest BCUT2D eigenvalue weighted by Crippen LogP contribution is 2.42. The molecule has 1 heterocycles. The van der Waals surface area contributed by atoms with Gasteiger partial charge in [-0.1, -0.05) is 23.7 Å². The Hall–Kier alpha value is -0.660. The second kappa shape index (κ2) is 6.33. The summed E-state index contributed by atoms with van der Waals surface area (Å²) in [6, 6.07) is 7.44. The number of benzene rings is 1. The topological polar surface area (TPSA) is 58.6 Å². The molecule has 2 unspecified atom stereocenters. The van der Waals surface area contributed by atoms with Gasteiger partial charge in [-0.25, -0.2) is 0 Å². The fourth-order valence-corrected chi connectivity index (χ4v) is 5.27. The van der Waals surface area contributed by atoms with Crippen molar-refractivity contribution in [3.05, 3.63) is 34.9 Å². The van der Waals surface area contributed by atoms with Crippen LogP contribution in [0.3, 0.4) is 0 Å². The van der Waals surface area contributed by atoms with Crippen molar-refractivity contribution in [3.8, 4) is 0 Å². The molecule has 23 heavy (non-hydrogen) atoms. The molecule has 1 aromatic rings. The molecule has 2 fully saturated rings. The van der Waals surface area contributed by atoms with Gasteiger partial charge in [0.15, 0.2) is 0 Å². The van der Waals surface area contributed by atoms with E-state index in [0.29, 0.717) is 18.1 Å². The Labute approximate surface area is 143 Å². The summed E-state index contributed by atoms with van der Waals surface area (Å²) in [6.07, 6.45) is 2.44. The van der Waals surface area contributed by atoms with E-state index in [0.717, 1.165) is 24.8 Å². The molecule has 0 radical (unpaired) electrons. The molecule has 1 saturated heterocycles. The van der Waals surface area contributed by atoms with E-state index >= 15 is 0 Å². The molecule has 0 spiro atoms. The smallest absolute Gasteiger partial charge is 0.280 e. The van der Waals surface area contributed by atoms with Crippen LogP contribution in [0.5, 0.6) is 0 Å². The molecule has 1 aliphatic heterocycles. The van der Waals surface area contributed by atoms with E-state index in [4.69, 9.17) is 16.3 Å². The lowest BCUT2D eigenvalue weighted by Gasteiger charge is -2.45. The van der Waals surface area contributed by atoms with Crippen LogP contribution in [0.4, 0.5) is 0 Å². The van der Waals surface area contributed by atoms with Crippen molar-refractivity contribution in [3.63, 3.8) is 0 Å². The molecule has 1 aromatic carbocycles. The summed E-state index contributed by atoms with van der Waals surface area (Å²) in [7, 11) is -3.56. The second-order valence-corrected chi connectivity index (χ2v) is 8.73. The Balaban J connectivity index is 1.82. The molecule has 0 bridgehead atoms. The molecule has 1 aliphatic carbocycles. The SMILES string of the molecule is CC1CN(S(=O)(=O)NC2(c3ccc(Cl)cc3)CCC2)CC(C)O1. The summed E-state index contributed by atoms with van der Waals surface area (Å²) in [5.74, 6) is 0. The van der Waals surface area contributed by atoms with Crippen LogP contribution >= 0.6 is 11.6 Å². The van der Waals surface area contributed by atoms with E-state index in [1.165, 1.54) is 4.31 Å². The molecule has 7 heteroatoms. The van der Waals surface area contributed by atoms with Gasteiger partial charge in [0.2, 0.25) is 0 Å². The zero-order valence-corrected chi connectivity index (χ0v) is 15.0. The number of hydrogen-bond donors (Lipinski definition) is 1. The molecule has 5 nitrogen and oxygen atoms in total. The predicted octanol–water partition coefficient (Wildman–Crippen LogP) is 2.66. The lowest BCUT2D eigenvalue weighted by molar-refractivity contribution is -0.0448. The minimum atomic E-state index is -3.56. The van der Waals surface area contributed by atoms with Crippen molar-refractivity contribution in [2.24, 2.45) is 0 Å². The van der Waals surface area contributed by atoms with Gasteiger partial charge in [-0.05, 0) is 50.8 Å². The first-order valence-electron chi connectivity index (χ1n) is 8.01. The summed E-state index contributed by atoms with van der Waals surface area (Å²) in [6.45, 7) is 4.57. The van der Waals surface area contributed by atoms with Crippen molar-refractivity contribution in [1.82, 2.24) is 9.03 Å². The Morgan fingerprint density at radius 2 is 1.74 bits per heavy atom. The van der Waals surface area contributed by atoms with Crippen molar-refractivity contribution in [2.45, 2.75) is 50.9 Å². The fraction of sp³-hybridized carbons (Fsp3) is 0.625. The monoisotopic (exact) mass is 358 g/mol. The van der Waals surface area contributed by atoms with Crippen molar-refractivity contribution in [2.75, 3.05) is 13.1 Å². The van der Waals surface area contributed by atoms with Crippen LogP contribution < -0.4 is 4.72 Å². The molecular weight excluding hydrogens is 336 g/mol. The van der Waals surface area contributed by atoms with Crippen molar-refractivity contribution < 1.29 is 13.2 Å². The minimum Gasteiger partial charge on any atom is -0.373 e. The summed E-state index contributed by atoms with van der Waals surface area (Å²) in [5.41, 5.74) is 0.472. The van der Waals surface area contributed by atoms with Gasteiger partial charge in [0.25, 0.3) is 10.2 Å². The standard InChI is InChI=1S/C16H23ClN2O3S/c1-12-10-19(11-13(2)22-12)23(20,21)18-16(8-3-9-16)14-4-6-15(17)7-5-14/h4-7,12-13,18H,3,8-11H2,1-2H3. The maximum Gasteiger partial charge on any atom is 0.280 e. The molecule has 3 rings (SSSR count).